The topological polar surface area (TPSA) is 93.4 Å². The fourth-order valence-electron chi connectivity index (χ4n) is 4.05. The van der Waals surface area contributed by atoms with Crippen LogP contribution in [0.3, 0.4) is 0 Å². The Labute approximate surface area is 216 Å². The van der Waals surface area contributed by atoms with Crippen LogP contribution in [0.1, 0.15) is 32.0 Å². The van der Waals surface area contributed by atoms with Gasteiger partial charge in [-0.25, -0.2) is 4.79 Å². The highest BCUT2D eigenvalue weighted by Gasteiger charge is 2.31. The number of ether oxygens (including phenoxy) is 5. The second-order valence-corrected chi connectivity index (χ2v) is 8.57. The van der Waals surface area contributed by atoms with Gasteiger partial charge in [-0.2, -0.15) is 0 Å². The maximum Gasteiger partial charge on any atom is 0.379 e. The standard InChI is InChI=1S/C28H21ClO8/c1-14-19(37-28(31)25-12-15-9-17(29)5-7-20(15)35-25)8-6-18-26(30)24(36-27(14)18)11-16-10-22(33-3)23(34-4)13-21(16)32-2/h5-13H,1-4H3/b24-11-. The van der Waals surface area contributed by atoms with E-state index in [1.165, 1.54) is 21.3 Å². The van der Waals surface area contributed by atoms with Gasteiger partial charge in [0.2, 0.25) is 11.5 Å². The summed E-state index contributed by atoms with van der Waals surface area (Å²) in [6, 6.07) is 13.0. The molecule has 0 saturated carbocycles. The number of hydrogen-bond donors (Lipinski definition) is 0. The van der Waals surface area contributed by atoms with Crippen LogP contribution in [0.5, 0.6) is 28.7 Å². The second kappa shape index (κ2) is 9.55. The van der Waals surface area contributed by atoms with Crippen LogP contribution in [0.25, 0.3) is 17.0 Å². The van der Waals surface area contributed by atoms with Gasteiger partial charge in [0, 0.05) is 27.6 Å². The summed E-state index contributed by atoms with van der Waals surface area (Å²) >= 11 is 6.01. The fraction of sp³-hybridized carbons (Fsp3) is 0.143. The first kappa shape index (κ1) is 24.3. The molecule has 0 unspecified atom stereocenters. The Balaban J connectivity index is 1.44. The van der Waals surface area contributed by atoms with Crippen molar-refractivity contribution in [1.29, 1.82) is 0 Å². The van der Waals surface area contributed by atoms with E-state index in [9.17, 15) is 9.59 Å². The number of Topliss-reactive ketones (excluding diaryl/α,β-unsaturated/α-hetero) is 1. The van der Waals surface area contributed by atoms with Crippen molar-refractivity contribution < 1.29 is 37.7 Å². The highest BCUT2D eigenvalue weighted by Crippen LogP contribution is 2.41. The van der Waals surface area contributed by atoms with Crippen molar-refractivity contribution in [3.05, 3.63) is 81.8 Å². The van der Waals surface area contributed by atoms with Gasteiger partial charge in [-0.1, -0.05) is 11.6 Å². The SMILES string of the molecule is COc1cc(OC)c(OC)cc1/C=C1\Oc2c(ccc(OC(=O)c3cc4cc(Cl)ccc4o3)c2C)C1=O. The van der Waals surface area contributed by atoms with Crippen molar-refractivity contribution in [2.75, 3.05) is 21.3 Å². The van der Waals surface area contributed by atoms with E-state index in [1.807, 2.05) is 0 Å². The third-order valence-corrected chi connectivity index (χ3v) is 6.18. The van der Waals surface area contributed by atoms with Crippen molar-refractivity contribution in [2.24, 2.45) is 0 Å². The maximum atomic E-state index is 13.1. The second-order valence-electron chi connectivity index (χ2n) is 8.14. The van der Waals surface area contributed by atoms with E-state index in [0.717, 1.165) is 0 Å². The normalized spacial score (nSPS) is 13.4. The Morgan fingerprint density at radius 3 is 2.35 bits per heavy atom. The first-order valence-electron chi connectivity index (χ1n) is 11.1. The molecule has 37 heavy (non-hydrogen) atoms. The molecule has 9 heteroatoms. The van der Waals surface area contributed by atoms with Crippen molar-refractivity contribution >= 4 is 40.4 Å². The lowest BCUT2D eigenvalue weighted by Gasteiger charge is -2.12. The van der Waals surface area contributed by atoms with Gasteiger partial charge in [0.05, 0.1) is 26.9 Å². The lowest BCUT2D eigenvalue weighted by atomic mass is 10.1. The maximum absolute atomic E-state index is 13.1. The van der Waals surface area contributed by atoms with Crippen LogP contribution in [-0.4, -0.2) is 33.1 Å². The molecule has 0 saturated heterocycles. The van der Waals surface area contributed by atoms with Crippen molar-refractivity contribution in [3.8, 4) is 28.7 Å². The zero-order valence-electron chi connectivity index (χ0n) is 20.3. The number of hydrogen-bond acceptors (Lipinski definition) is 8. The Morgan fingerprint density at radius 1 is 0.892 bits per heavy atom. The molecule has 1 aromatic heterocycles. The van der Waals surface area contributed by atoms with Gasteiger partial charge in [0.1, 0.15) is 22.8 Å². The Bertz CT molecular complexity index is 1600. The number of halogens is 1. The number of allylic oxidation sites excluding steroid dienone is 1. The third kappa shape index (κ3) is 4.36. The van der Waals surface area contributed by atoms with Gasteiger partial charge in [-0.3, -0.25) is 4.79 Å². The molecule has 2 heterocycles. The lowest BCUT2D eigenvalue weighted by molar-refractivity contribution is 0.0702. The van der Waals surface area contributed by atoms with Crippen LogP contribution in [0.15, 0.2) is 58.7 Å². The number of ketones is 1. The quantitative estimate of drug-likeness (QED) is 0.167. The number of esters is 1. The number of rotatable bonds is 6. The predicted molar refractivity (Wildman–Crippen MR) is 136 cm³/mol. The summed E-state index contributed by atoms with van der Waals surface area (Å²) in [6.07, 6.45) is 1.56. The summed E-state index contributed by atoms with van der Waals surface area (Å²) in [7, 11) is 4.55. The molecule has 0 radical (unpaired) electrons. The van der Waals surface area contributed by atoms with Crippen molar-refractivity contribution in [2.45, 2.75) is 6.92 Å². The van der Waals surface area contributed by atoms with Gasteiger partial charge in [-0.05, 0) is 55.5 Å². The molecule has 188 valence electrons. The van der Waals surface area contributed by atoms with E-state index in [2.05, 4.69) is 0 Å². The van der Waals surface area contributed by atoms with Gasteiger partial charge >= 0.3 is 5.97 Å². The van der Waals surface area contributed by atoms with E-state index in [0.29, 0.717) is 55.7 Å². The molecule has 5 rings (SSSR count). The van der Waals surface area contributed by atoms with Crippen LogP contribution in [0.2, 0.25) is 5.02 Å². The molecule has 0 aliphatic carbocycles. The van der Waals surface area contributed by atoms with Gasteiger partial charge < -0.3 is 28.1 Å². The Hall–Kier alpha value is -4.43. The summed E-state index contributed by atoms with van der Waals surface area (Å²) < 4.78 is 33.2. The summed E-state index contributed by atoms with van der Waals surface area (Å²) in [4.78, 5) is 25.9. The molecule has 0 spiro atoms. The number of benzene rings is 3. The molecule has 0 bridgehead atoms. The molecule has 0 amide bonds. The number of furan rings is 1. The van der Waals surface area contributed by atoms with Crippen molar-refractivity contribution in [1.82, 2.24) is 0 Å². The average Bonchev–Trinajstić information content (AvgIpc) is 3.46. The number of methoxy groups -OCH3 is 3. The molecule has 3 aromatic carbocycles. The van der Waals surface area contributed by atoms with Crippen LogP contribution >= 0.6 is 11.6 Å². The molecular weight excluding hydrogens is 500 g/mol. The largest absolute Gasteiger partial charge is 0.496 e. The molecular formula is C28H21ClO8. The van der Waals surface area contributed by atoms with Crippen LogP contribution < -0.4 is 23.7 Å². The fourth-order valence-corrected chi connectivity index (χ4v) is 4.23. The first-order chi connectivity index (χ1) is 17.8. The monoisotopic (exact) mass is 520 g/mol. The summed E-state index contributed by atoms with van der Waals surface area (Å²) in [5, 5.41) is 1.21. The van der Waals surface area contributed by atoms with E-state index >= 15 is 0 Å². The third-order valence-electron chi connectivity index (χ3n) is 5.94. The lowest BCUT2D eigenvalue weighted by Crippen LogP contribution is -2.08. The number of carbonyl (C=O) groups excluding carboxylic acids is 2. The summed E-state index contributed by atoms with van der Waals surface area (Å²) in [5.74, 6) is 1.06. The minimum Gasteiger partial charge on any atom is -0.496 e. The summed E-state index contributed by atoms with van der Waals surface area (Å²) in [5.41, 5.74) is 1.91. The van der Waals surface area contributed by atoms with Crippen LogP contribution in [0, 0.1) is 6.92 Å². The molecule has 1 aliphatic heterocycles. The highest BCUT2D eigenvalue weighted by molar-refractivity contribution is 6.31. The van der Waals surface area contributed by atoms with Crippen LogP contribution in [0.4, 0.5) is 0 Å². The smallest absolute Gasteiger partial charge is 0.379 e. The van der Waals surface area contributed by atoms with E-state index in [4.69, 9.17) is 39.7 Å². The van der Waals surface area contributed by atoms with Crippen LogP contribution in [-0.2, 0) is 0 Å². The molecule has 0 N–H and O–H groups in total. The highest BCUT2D eigenvalue weighted by atomic mass is 35.5. The molecule has 8 nitrogen and oxygen atoms in total. The van der Waals surface area contributed by atoms with Crippen molar-refractivity contribution in [3.63, 3.8) is 0 Å². The van der Waals surface area contributed by atoms with E-state index in [-0.39, 0.29) is 23.1 Å². The van der Waals surface area contributed by atoms with Gasteiger partial charge in [0.25, 0.3) is 0 Å². The van der Waals surface area contributed by atoms with Gasteiger partial charge in [-0.15, -0.1) is 0 Å². The molecule has 0 atom stereocenters. The Morgan fingerprint density at radius 2 is 1.62 bits per heavy atom. The number of carbonyl (C=O) groups is 2. The minimum absolute atomic E-state index is 0.0234. The van der Waals surface area contributed by atoms with Gasteiger partial charge in [0.15, 0.2) is 17.3 Å². The number of fused-ring (bicyclic) bond motifs is 2. The minimum atomic E-state index is -0.689. The molecule has 0 fully saturated rings. The first-order valence-corrected chi connectivity index (χ1v) is 11.5. The average molecular weight is 521 g/mol. The predicted octanol–water partition coefficient (Wildman–Crippen LogP) is 6.26. The zero-order valence-corrected chi connectivity index (χ0v) is 21.1. The summed E-state index contributed by atoms with van der Waals surface area (Å²) in [6.45, 7) is 1.70. The van der Waals surface area contributed by atoms with E-state index < -0.39 is 5.97 Å². The van der Waals surface area contributed by atoms with E-state index in [1.54, 1.807) is 61.5 Å². The molecule has 4 aromatic rings. The zero-order chi connectivity index (χ0) is 26.3. The molecule has 1 aliphatic rings. The Kier molecular flexibility index (Phi) is 6.27.